The number of hydrogen-bond acceptors (Lipinski definition) is 4. The van der Waals surface area contributed by atoms with E-state index < -0.39 is 0 Å². The smallest absolute Gasteiger partial charge is 0.124 e. The minimum absolute atomic E-state index is 0.872. The first-order valence-corrected chi connectivity index (χ1v) is 4.37. The number of amidine groups is 1. The van der Waals surface area contributed by atoms with E-state index in [1.54, 1.807) is 0 Å². The lowest BCUT2D eigenvalue weighted by Crippen LogP contribution is -2.49. The molecule has 12 heavy (non-hydrogen) atoms. The van der Waals surface area contributed by atoms with Crippen LogP contribution in [0, 0.1) is 0 Å². The predicted molar refractivity (Wildman–Crippen MR) is 49.0 cm³/mol. The van der Waals surface area contributed by atoms with Gasteiger partial charge in [-0.2, -0.15) is 0 Å². The molecule has 0 radical (unpaired) electrons. The molecule has 4 nitrogen and oxygen atoms in total. The summed E-state index contributed by atoms with van der Waals surface area (Å²) in [6.45, 7) is 5.17. The Morgan fingerprint density at radius 2 is 2.17 bits per heavy atom. The molecule has 0 aromatic rings. The minimum atomic E-state index is 0.872. The highest BCUT2D eigenvalue weighted by atomic mass is 15.2. The third kappa shape index (κ3) is 1.58. The van der Waals surface area contributed by atoms with Gasteiger partial charge in [-0.05, 0) is 0 Å². The van der Waals surface area contributed by atoms with E-state index in [2.05, 4.69) is 20.5 Å². The third-order valence-electron chi connectivity index (χ3n) is 2.16. The van der Waals surface area contributed by atoms with Crippen LogP contribution in [0.5, 0.6) is 0 Å². The van der Waals surface area contributed by atoms with Gasteiger partial charge in [0.05, 0.1) is 6.54 Å². The van der Waals surface area contributed by atoms with Crippen LogP contribution in [0.3, 0.4) is 0 Å². The molecule has 4 heteroatoms. The summed E-state index contributed by atoms with van der Waals surface area (Å²) in [6, 6.07) is 0. The molecule has 1 saturated heterocycles. The topological polar surface area (TPSA) is 39.7 Å². The van der Waals surface area contributed by atoms with Crippen LogP contribution in [0.1, 0.15) is 0 Å². The fourth-order valence-electron chi connectivity index (χ4n) is 1.49. The van der Waals surface area contributed by atoms with Crippen molar-refractivity contribution in [3.05, 3.63) is 12.4 Å². The zero-order valence-corrected chi connectivity index (χ0v) is 7.08. The first kappa shape index (κ1) is 7.61. The Kier molecular flexibility index (Phi) is 2.27. The number of piperazine rings is 1. The molecule has 0 aromatic heterocycles. The van der Waals surface area contributed by atoms with E-state index in [1.807, 2.05) is 12.4 Å². The van der Waals surface area contributed by atoms with E-state index in [1.165, 1.54) is 5.84 Å². The van der Waals surface area contributed by atoms with Crippen LogP contribution in [0.25, 0.3) is 0 Å². The molecular formula is C8H14N4. The van der Waals surface area contributed by atoms with Crippen molar-refractivity contribution in [2.24, 2.45) is 4.99 Å². The maximum absolute atomic E-state index is 4.32. The molecule has 1 fully saturated rings. The normalized spacial score (nSPS) is 23.3. The van der Waals surface area contributed by atoms with E-state index in [0.717, 1.165) is 32.7 Å². The fourth-order valence-corrected chi connectivity index (χ4v) is 1.49. The van der Waals surface area contributed by atoms with Gasteiger partial charge in [0, 0.05) is 38.6 Å². The van der Waals surface area contributed by atoms with Crippen molar-refractivity contribution in [2.75, 3.05) is 32.7 Å². The zero-order valence-electron chi connectivity index (χ0n) is 7.08. The van der Waals surface area contributed by atoms with Crippen molar-refractivity contribution < 1.29 is 0 Å². The number of nitrogens with one attached hydrogen (secondary N) is 2. The van der Waals surface area contributed by atoms with Crippen molar-refractivity contribution in [1.82, 2.24) is 15.5 Å². The Bertz CT molecular complexity index is 203. The van der Waals surface area contributed by atoms with Gasteiger partial charge in [-0.1, -0.05) is 0 Å². The average molecular weight is 166 g/mol. The molecule has 2 rings (SSSR count). The highest BCUT2D eigenvalue weighted by molar-refractivity contribution is 5.85. The number of aliphatic imine (C=N–C) groups is 1. The van der Waals surface area contributed by atoms with Gasteiger partial charge in [0.2, 0.25) is 0 Å². The predicted octanol–water partition coefficient (Wildman–Crippen LogP) is -0.635. The van der Waals surface area contributed by atoms with Crippen LogP contribution in [0.15, 0.2) is 17.4 Å². The molecule has 0 aromatic carbocycles. The Morgan fingerprint density at radius 1 is 1.33 bits per heavy atom. The number of hydrogen-bond donors (Lipinski definition) is 2. The summed E-state index contributed by atoms with van der Waals surface area (Å²) >= 11 is 0. The summed E-state index contributed by atoms with van der Waals surface area (Å²) in [7, 11) is 0. The molecule has 0 atom stereocenters. The second-order valence-electron chi connectivity index (χ2n) is 2.98. The van der Waals surface area contributed by atoms with Crippen LogP contribution in [-0.2, 0) is 0 Å². The lowest BCUT2D eigenvalue weighted by atomic mass is 10.3. The molecule has 66 valence electrons. The van der Waals surface area contributed by atoms with Gasteiger partial charge in [0.25, 0.3) is 0 Å². The van der Waals surface area contributed by atoms with Crippen molar-refractivity contribution in [3.8, 4) is 0 Å². The largest absolute Gasteiger partial charge is 0.382 e. The maximum atomic E-state index is 4.32. The van der Waals surface area contributed by atoms with Crippen molar-refractivity contribution >= 4 is 5.84 Å². The summed E-state index contributed by atoms with van der Waals surface area (Å²) in [6.07, 6.45) is 3.70. The summed E-state index contributed by atoms with van der Waals surface area (Å²) < 4.78 is 0. The maximum Gasteiger partial charge on any atom is 0.124 e. The highest BCUT2D eigenvalue weighted by Crippen LogP contribution is 1.97. The van der Waals surface area contributed by atoms with E-state index in [0.29, 0.717) is 0 Å². The van der Waals surface area contributed by atoms with E-state index in [-0.39, 0.29) is 0 Å². The summed E-state index contributed by atoms with van der Waals surface area (Å²) in [5.74, 6) is 1.17. The van der Waals surface area contributed by atoms with Crippen molar-refractivity contribution in [2.45, 2.75) is 0 Å². The zero-order chi connectivity index (χ0) is 8.23. The highest BCUT2D eigenvalue weighted by Gasteiger charge is 2.13. The quantitative estimate of drug-likeness (QED) is 0.503. The Hall–Kier alpha value is -1.03. The monoisotopic (exact) mass is 166 g/mol. The Labute approximate surface area is 72.3 Å². The van der Waals surface area contributed by atoms with E-state index in [4.69, 9.17) is 0 Å². The van der Waals surface area contributed by atoms with Crippen LogP contribution in [-0.4, -0.2) is 43.5 Å². The molecule has 2 heterocycles. The summed E-state index contributed by atoms with van der Waals surface area (Å²) in [5, 5.41) is 6.48. The molecule has 0 aliphatic carbocycles. The fraction of sp³-hybridized carbons (Fsp3) is 0.625. The summed E-state index contributed by atoms with van der Waals surface area (Å²) in [5.41, 5.74) is 0. The van der Waals surface area contributed by atoms with Crippen molar-refractivity contribution in [3.63, 3.8) is 0 Å². The van der Waals surface area contributed by atoms with E-state index >= 15 is 0 Å². The second kappa shape index (κ2) is 3.58. The molecule has 0 bridgehead atoms. The number of rotatable bonds is 0. The minimum Gasteiger partial charge on any atom is -0.382 e. The van der Waals surface area contributed by atoms with Gasteiger partial charge >= 0.3 is 0 Å². The van der Waals surface area contributed by atoms with E-state index in [9.17, 15) is 0 Å². The van der Waals surface area contributed by atoms with Gasteiger partial charge in [0.1, 0.15) is 5.84 Å². The third-order valence-corrected chi connectivity index (χ3v) is 2.16. The molecule has 2 N–H and O–H groups in total. The molecule has 2 aliphatic heterocycles. The summed E-state index contributed by atoms with van der Waals surface area (Å²) in [4.78, 5) is 6.65. The Morgan fingerprint density at radius 3 is 2.83 bits per heavy atom. The standard InChI is InChI=1S/C8H14N4/c1-2-11-8(7-10-1)12-5-3-9-4-6-12/h1-2,9-10H,3-7H2. The van der Waals surface area contributed by atoms with Crippen LogP contribution in [0.2, 0.25) is 0 Å². The molecule has 0 unspecified atom stereocenters. The molecule has 2 aliphatic rings. The first-order valence-electron chi connectivity index (χ1n) is 4.37. The van der Waals surface area contributed by atoms with Gasteiger partial charge in [-0.25, -0.2) is 4.99 Å². The van der Waals surface area contributed by atoms with Gasteiger partial charge < -0.3 is 15.5 Å². The van der Waals surface area contributed by atoms with Crippen LogP contribution < -0.4 is 10.6 Å². The molecule has 0 saturated carbocycles. The Balaban J connectivity index is 1.97. The van der Waals surface area contributed by atoms with Crippen LogP contribution >= 0.6 is 0 Å². The van der Waals surface area contributed by atoms with Crippen molar-refractivity contribution in [1.29, 1.82) is 0 Å². The lowest BCUT2D eigenvalue weighted by Gasteiger charge is -2.30. The van der Waals surface area contributed by atoms with Crippen LogP contribution in [0.4, 0.5) is 0 Å². The molecular weight excluding hydrogens is 152 g/mol. The lowest BCUT2D eigenvalue weighted by molar-refractivity contribution is 0.352. The average Bonchev–Trinajstić information content (AvgIpc) is 2.21. The second-order valence-corrected chi connectivity index (χ2v) is 2.98. The van der Waals surface area contributed by atoms with Gasteiger partial charge in [0.15, 0.2) is 0 Å². The van der Waals surface area contributed by atoms with Gasteiger partial charge in [-0.3, -0.25) is 0 Å². The molecule has 0 spiro atoms. The van der Waals surface area contributed by atoms with Gasteiger partial charge in [-0.15, -0.1) is 0 Å². The first-order chi connectivity index (χ1) is 5.97. The molecule has 0 amide bonds. The number of nitrogens with zero attached hydrogens (tertiary/aromatic N) is 2. The SMILES string of the molecule is C1=CNCC(N2CCNCC2)=N1.